The lowest BCUT2D eigenvalue weighted by molar-refractivity contribution is -0.115. The van der Waals surface area contributed by atoms with Crippen molar-refractivity contribution in [1.82, 2.24) is 9.97 Å². The van der Waals surface area contributed by atoms with E-state index >= 15 is 0 Å². The highest BCUT2D eigenvalue weighted by Crippen LogP contribution is 2.26. The van der Waals surface area contributed by atoms with E-state index in [-0.39, 0.29) is 11.2 Å². The Balaban J connectivity index is 1.68. The minimum absolute atomic E-state index is 0.0918. The average Bonchev–Trinajstić information content (AvgIpc) is 2.89. The number of rotatable bonds is 4. The minimum Gasteiger partial charge on any atom is -0.430 e. The van der Waals surface area contributed by atoms with Gasteiger partial charge in [-0.15, -0.1) is 0 Å². The van der Waals surface area contributed by atoms with E-state index in [4.69, 9.17) is 4.42 Å². The zero-order valence-electron chi connectivity index (χ0n) is 12.2. The molecule has 1 atom stereocenters. The van der Waals surface area contributed by atoms with Crippen LogP contribution < -0.4 is 5.32 Å². The van der Waals surface area contributed by atoms with Gasteiger partial charge in [0.15, 0.2) is 11.2 Å². The molecule has 0 bridgehead atoms. The van der Waals surface area contributed by atoms with Gasteiger partial charge in [0, 0.05) is 11.9 Å². The largest absolute Gasteiger partial charge is 0.430 e. The molecule has 0 fully saturated rings. The molecule has 2 heterocycles. The second-order valence-electron chi connectivity index (χ2n) is 4.92. The van der Waals surface area contributed by atoms with Crippen molar-refractivity contribution in [2.75, 3.05) is 5.32 Å². The number of thioether (sulfide) groups is 1. The van der Waals surface area contributed by atoms with Gasteiger partial charge in [0.25, 0.3) is 5.22 Å². The third kappa shape index (κ3) is 3.28. The lowest BCUT2D eigenvalue weighted by Gasteiger charge is -2.10. The SMILES string of the molecule is Cc1cccc(NC(=O)[C@@H](C)Sc2nc3ncccc3o2)c1. The van der Waals surface area contributed by atoms with Gasteiger partial charge >= 0.3 is 0 Å². The molecular formula is C16H15N3O2S. The normalized spacial score (nSPS) is 12.3. The van der Waals surface area contributed by atoms with Crippen LogP contribution in [-0.4, -0.2) is 21.1 Å². The van der Waals surface area contributed by atoms with Crippen molar-refractivity contribution >= 4 is 34.6 Å². The van der Waals surface area contributed by atoms with Crippen LogP contribution >= 0.6 is 11.8 Å². The number of amides is 1. The van der Waals surface area contributed by atoms with Gasteiger partial charge in [-0.25, -0.2) is 4.98 Å². The Morgan fingerprint density at radius 1 is 1.32 bits per heavy atom. The molecule has 2 aromatic heterocycles. The van der Waals surface area contributed by atoms with Crippen LogP contribution in [0.4, 0.5) is 5.69 Å². The van der Waals surface area contributed by atoms with Crippen LogP contribution in [0.15, 0.2) is 52.2 Å². The number of fused-ring (bicyclic) bond motifs is 1. The summed E-state index contributed by atoms with van der Waals surface area (Å²) >= 11 is 1.27. The maximum atomic E-state index is 12.2. The van der Waals surface area contributed by atoms with Gasteiger partial charge < -0.3 is 9.73 Å². The summed E-state index contributed by atoms with van der Waals surface area (Å²) in [6, 6.07) is 11.3. The van der Waals surface area contributed by atoms with E-state index in [1.54, 1.807) is 18.3 Å². The fourth-order valence-electron chi connectivity index (χ4n) is 1.97. The van der Waals surface area contributed by atoms with E-state index in [0.29, 0.717) is 16.5 Å². The fraction of sp³-hybridized carbons (Fsp3) is 0.188. The van der Waals surface area contributed by atoms with Crippen LogP contribution in [0.3, 0.4) is 0 Å². The molecule has 0 saturated carbocycles. The van der Waals surface area contributed by atoms with Crippen molar-refractivity contribution in [2.24, 2.45) is 0 Å². The molecular weight excluding hydrogens is 298 g/mol. The molecule has 0 radical (unpaired) electrons. The summed E-state index contributed by atoms with van der Waals surface area (Å²) in [5, 5.41) is 3.01. The number of aromatic nitrogens is 2. The van der Waals surface area contributed by atoms with Gasteiger partial charge in [-0.05, 0) is 43.7 Å². The second kappa shape index (κ2) is 6.19. The van der Waals surface area contributed by atoms with Crippen LogP contribution in [0, 0.1) is 6.92 Å². The Morgan fingerprint density at radius 3 is 2.95 bits per heavy atom. The molecule has 0 spiro atoms. The molecule has 3 aromatic rings. The van der Waals surface area contributed by atoms with E-state index < -0.39 is 0 Å². The van der Waals surface area contributed by atoms with Crippen molar-refractivity contribution in [1.29, 1.82) is 0 Å². The predicted octanol–water partition coefficient (Wildman–Crippen LogP) is 3.65. The first-order chi connectivity index (χ1) is 10.6. The van der Waals surface area contributed by atoms with E-state index in [1.807, 2.05) is 38.1 Å². The van der Waals surface area contributed by atoms with Crippen molar-refractivity contribution < 1.29 is 9.21 Å². The molecule has 6 heteroatoms. The Labute approximate surface area is 132 Å². The Kier molecular flexibility index (Phi) is 4.11. The molecule has 0 saturated heterocycles. The Hall–Kier alpha value is -2.34. The highest BCUT2D eigenvalue weighted by molar-refractivity contribution is 8.00. The summed E-state index contributed by atoms with van der Waals surface area (Å²) in [6.07, 6.45) is 1.66. The summed E-state index contributed by atoms with van der Waals surface area (Å²) in [7, 11) is 0. The summed E-state index contributed by atoms with van der Waals surface area (Å²) in [5.74, 6) is -0.0918. The zero-order chi connectivity index (χ0) is 15.5. The maximum absolute atomic E-state index is 12.2. The number of benzene rings is 1. The number of carbonyl (C=O) groups is 1. The highest BCUT2D eigenvalue weighted by atomic mass is 32.2. The smallest absolute Gasteiger partial charge is 0.259 e. The summed E-state index contributed by atoms with van der Waals surface area (Å²) in [5.41, 5.74) is 3.06. The minimum atomic E-state index is -0.325. The van der Waals surface area contributed by atoms with Crippen LogP contribution in [0.2, 0.25) is 0 Å². The average molecular weight is 313 g/mol. The first-order valence-electron chi connectivity index (χ1n) is 6.87. The molecule has 1 N–H and O–H groups in total. The number of hydrogen-bond donors (Lipinski definition) is 1. The summed E-state index contributed by atoms with van der Waals surface area (Å²) in [4.78, 5) is 20.6. The van der Waals surface area contributed by atoms with Crippen molar-refractivity contribution in [2.45, 2.75) is 24.3 Å². The standard InChI is InChI=1S/C16H15N3O2S/c1-10-5-3-6-12(9-10)18-15(20)11(2)22-16-19-14-13(21-16)7-4-8-17-14/h3-9,11H,1-2H3,(H,18,20)/t11-/m1/s1. The Morgan fingerprint density at radius 2 is 2.18 bits per heavy atom. The van der Waals surface area contributed by atoms with Gasteiger partial charge in [0.2, 0.25) is 5.91 Å². The zero-order valence-corrected chi connectivity index (χ0v) is 13.1. The van der Waals surface area contributed by atoms with Crippen molar-refractivity contribution in [3.8, 4) is 0 Å². The number of aryl methyl sites for hydroxylation is 1. The number of nitrogens with one attached hydrogen (secondary N) is 1. The summed E-state index contributed by atoms with van der Waals surface area (Å²) < 4.78 is 5.57. The second-order valence-corrected chi connectivity index (χ2v) is 6.22. The van der Waals surface area contributed by atoms with Crippen LogP contribution in [0.25, 0.3) is 11.2 Å². The number of hydrogen-bond acceptors (Lipinski definition) is 5. The van der Waals surface area contributed by atoms with E-state index in [9.17, 15) is 4.79 Å². The third-order valence-corrected chi connectivity index (χ3v) is 4.02. The topological polar surface area (TPSA) is 68.0 Å². The van der Waals surface area contributed by atoms with Gasteiger partial charge in [0.05, 0.1) is 5.25 Å². The molecule has 0 aliphatic carbocycles. The third-order valence-electron chi connectivity index (χ3n) is 3.08. The lowest BCUT2D eigenvalue weighted by atomic mass is 10.2. The number of oxazole rings is 1. The predicted molar refractivity (Wildman–Crippen MR) is 86.9 cm³/mol. The van der Waals surface area contributed by atoms with Crippen LogP contribution in [0.1, 0.15) is 12.5 Å². The van der Waals surface area contributed by atoms with E-state index in [0.717, 1.165) is 11.3 Å². The van der Waals surface area contributed by atoms with Gasteiger partial charge in [0.1, 0.15) is 0 Å². The van der Waals surface area contributed by atoms with E-state index in [2.05, 4.69) is 15.3 Å². The highest BCUT2D eigenvalue weighted by Gasteiger charge is 2.18. The first-order valence-corrected chi connectivity index (χ1v) is 7.75. The molecule has 1 aromatic carbocycles. The number of pyridine rings is 1. The number of anilines is 1. The molecule has 22 heavy (non-hydrogen) atoms. The molecule has 0 unspecified atom stereocenters. The fourth-order valence-corrected chi connectivity index (χ4v) is 2.72. The molecule has 0 aliphatic rings. The summed E-state index contributed by atoms with van der Waals surface area (Å²) in [6.45, 7) is 3.80. The van der Waals surface area contributed by atoms with Gasteiger partial charge in [-0.1, -0.05) is 23.9 Å². The molecule has 3 rings (SSSR count). The quantitative estimate of drug-likeness (QED) is 0.745. The van der Waals surface area contributed by atoms with E-state index in [1.165, 1.54) is 11.8 Å². The van der Waals surface area contributed by atoms with Crippen molar-refractivity contribution in [3.05, 3.63) is 48.2 Å². The number of carbonyl (C=O) groups excluding carboxylic acids is 1. The van der Waals surface area contributed by atoms with Gasteiger partial charge in [-0.2, -0.15) is 4.98 Å². The maximum Gasteiger partial charge on any atom is 0.259 e. The Bertz CT molecular complexity index is 783. The van der Waals surface area contributed by atoms with Crippen LogP contribution in [-0.2, 0) is 4.79 Å². The number of nitrogens with zero attached hydrogens (tertiary/aromatic N) is 2. The molecule has 1 amide bonds. The first kappa shape index (κ1) is 14.6. The molecule has 0 aliphatic heterocycles. The van der Waals surface area contributed by atoms with Gasteiger partial charge in [-0.3, -0.25) is 4.79 Å². The molecule has 112 valence electrons. The molecule has 5 nitrogen and oxygen atoms in total. The monoisotopic (exact) mass is 313 g/mol. The lowest BCUT2D eigenvalue weighted by Crippen LogP contribution is -2.22. The van der Waals surface area contributed by atoms with Crippen molar-refractivity contribution in [3.63, 3.8) is 0 Å². The van der Waals surface area contributed by atoms with Crippen LogP contribution in [0.5, 0.6) is 0 Å².